The summed E-state index contributed by atoms with van der Waals surface area (Å²) in [5.41, 5.74) is 0. The lowest BCUT2D eigenvalue weighted by Crippen LogP contribution is -2.30. The van der Waals surface area contributed by atoms with Gasteiger partial charge >= 0.3 is 17.9 Å². The Labute approximate surface area is 504 Å². The molecule has 472 valence electrons. The molecular formula is C75H136O6. The molecule has 0 bridgehead atoms. The van der Waals surface area contributed by atoms with E-state index in [0.717, 1.165) is 83.5 Å². The first-order chi connectivity index (χ1) is 40.0. The smallest absolute Gasteiger partial charge is 0.306 e. The summed E-state index contributed by atoms with van der Waals surface area (Å²) in [5.74, 6) is -0.856. The highest BCUT2D eigenvalue weighted by Gasteiger charge is 2.19. The van der Waals surface area contributed by atoms with Crippen molar-refractivity contribution in [2.24, 2.45) is 0 Å². The summed E-state index contributed by atoms with van der Waals surface area (Å²) in [7, 11) is 0. The van der Waals surface area contributed by atoms with Crippen LogP contribution in [0.15, 0.2) is 60.8 Å². The van der Waals surface area contributed by atoms with Gasteiger partial charge in [0.15, 0.2) is 6.10 Å². The van der Waals surface area contributed by atoms with Crippen LogP contribution in [0, 0.1) is 0 Å². The van der Waals surface area contributed by atoms with Crippen molar-refractivity contribution in [2.45, 2.75) is 386 Å². The zero-order valence-electron chi connectivity index (χ0n) is 54.3. The molecule has 0 aromatic rings. The number of hydrogen-bond donors (Lipinski definition) is 0. The summed E-state index contributed by atoms with van der Waals surface area (Å²) in [5, 5.41) is 0. The lowest BCUT2D eigenvalue weighted by molar-refractivity contribution is -0.167. The fraction of sp³-hybridized carbons (Fsp3) is 0.827. The Bertz CT molecular complexity index is 1440. The number of carbonyl (C=O) groups is 3. The minimum Gasteiger partial charge on any atom is -0.462 e. The second kappa shape index (κ2) is 69.6. The molecule has 0 aliphatic heterocycles. The fourth-order valence-electron chi connectivity index (χ4n) is 10.6. The van der Waals surface area contributed by atoms with E-state index in [-0.39, 0.29) is 31.1 Å². The minimum atomic E-state index is -0.776. The van der Waals surface area contributed by atoms with Gasteiger partial charge in [-0.25, -0.2) is 0 Å². The number of rotatable bonds is 66. The largest absolute Gasteiger partial charge is 0.462 e. The Morgan fingerprint density at radius 2 is 0.444 bits per heavy atom. The van der Waals surface area contributed by atoms with Crippen LogP contribution in [0.4, 0.5) is 0 Å². The molecule has 0 aliphatic rings. The first kappa shape index (κ1) is 78.1. The zero-order chi connectivity index (χ0) is 58.5. The van der Waals surface area contributed by atoms with Crippen molar-refractivity contribution in [1.29, 1.82) is 0 Å². The van der Waals surface area contributed by atoms with E-state index >= 15 is 0 Å². The molecule has 0 spiro atoms. The quantitative estimate of drug-likeness (QED) is 0.0261. The van der Waals surface area contributed by atoms with Gasteiger partial charge in [-0.2, -0.15) is 0 Å². The highest BCUT2D eigenvalue weighted by Crippen LogP contribution is 2.18. The molecule has 0 saturated carbocycles. The zero-order valence-corrected chi connectivity index (χ0v) is 54.3. The van der Waals surface area contributed by atoms with E-state index in [1.807, 2.05) is 0 Å². The van der Waals surface area contributed by atoms with E-state index in [2.05, 4.69) is 81.5 Å². The van der Waals surface area contributed by atoms with Gasteiger partial charge in [-0.05, 0) is 89.9 Å². The Morgan fingerprint density at radius 1 is 0.247 bits per heavy atom. The van der Waals surface area contributed by atoms with Crippen LogP contribution in [0.2, 0.25) is 0 Å². The van der Waals surface area contributed by atoms with Crippen LogP contribution in [0.25, 0.3) is 0 Å². The molecule has 0 fully saturated rings. The number of unbranched alkanes of at least 4 members (excludes halogenated alkanes) is 45. The monoisotopic (exact) mass is 1130 g/mol. The minimum absolute atomic E-state index is 0.0721. The van der Waals surface area contributed by atoms with Gasteiger partial charge in [0, 0.05) is 19.3 Å². The van der Waals surface area contributed by atoms with Gasteiger partial charge in [-0.3, -0.25) is 14.4 Å². The van der Waals surface area contributed by atoms with Gasteiger partial charge in [0.2, 0.25) is 0 Å². The Hall–Kier alpha value is -2.89. The van der Waals surface area contributed by atoms with E-state index in [1.165, 1.54) is 257 Å². The van der Waals surface area contributed by atoms with E-state index in [0.29, 0.717) is 19.3 Å². The van der Waals surface area contributed by atoms with Crippen LogP contribution in [0.3, 0.4) is 0 Å². The standard InChI is InChI=1S/C75H136O6/c1-4-7-10-13-16-19-22-25-27-29-30-31-32-33-34-35-36-37-38-39-40-41-42-43-44-46-47-50-53-56-59-62-65-68-74(77)80-71-72(70-79-73(76)67-64-61-58-55-52-49-24-21-18-15-12-9-6-3)81-75(78)69-66-63-60-57-54-51-48-45-28-26-23-20-17-14-11-8-5-2/h17,20,22,25-26,28-30,32-33,72H,4-16,18-19,21,23-24,27,31,34-71H2,1-3H3/b20-17-,25-22-,28-26-,30-29-,33-32-. The summed E-state index contributed by atoms with van der Waals surface area (Å²) >= 11 is 0. The summed E-state index contributed by atoms with van der Waals surface area (Å²) in [4.78, 5) is 38.4. The molecule has 0 N–H and O–H groups in total. The molecule has 0 heterocycles. The maximum absolute atomic E-state index is 12.9. The summed E-state index contributed by atoms with van der Waals surface area (Å²) in [6.07, 6.45) is 89.7. The van der Waals surface area contributed by atoms with Gasteiger partial charge in [0.05, 0.1) is 0 Å². The van der Waals surface area contributed by atoms with Crippen LogP contribution < -0.4 is 0 Å². The molecule has 0 saturated heterocycles. The van der Waals surface area contributed by atoms with Crippen molar-refractivity contribution in [3.8, 4) is 0 Å². The molecule has 0 amide bonds. The van der Waals surface area contributed by atoms with Crippen LogP contribution in [0.1, 0.15) is 380 Å². The Balaban J connectivity index is 4.14. The van der Waals surface area contributed by atoms with Gasteiger partial charge in [0.25, 0.3) is 0 Å². The Kier molecular flexibility index (Phi) is 67.1. The summed E-state index contributed by atoms with van der Waals surface area (Å²) in [6.45, 7) is 6.65. The predicted octanol–water partition coefficient (Wildman–Crippen LogP) is 24.7. The molecule has 1 atom stereocenters. The number of ether oxygens (including phenoxy) is 3. The predicted molar refractivity (Wildman–Crippen MR) is 353 cm³/mol. The fourth-order valence-corrected chi connectivity index (χ4v) is 10.6. The first-order valence-corrected chi connectivity index (χ1v) is 35.8. The van der Waals surface area contributed by atoms with E-state index in [9.17, 15) is 14.4 Å². The van der Waals surface area contributed by atoms with Crippen LogP contribution in [0.5, 0.6) is 0 Å². The number of esters is 3. The Morgan fingerprint density at radius 3 is 0.716 bits per heavy atom. The summed E-state index contributed by atoms with van der Waals surface area (Å²) < 4.78 is 17.0. The van der Waals surface area contributed by atoms with Crippen LogP contribution >= 0.6 is 0 Å². The average Bonchev–Trinajstić information content (AvgIpc) is 3.46. The molecule has 6 heteroatoms. The molecule has 0 aliphatic carbocycles. The van der Waals surface area contributed by atoms with E-state index < -0.39 is 6.10 Å². The average molecular weight is 1130 g/mol. The topological polar surface area (TPSA) is 78.9 Å². The molecule has 81 heavy (non-hydrogen) atoms. The van der Waals surface area contributed by atoms with Crippen molar-refractivity contribution in [1.82, 2.24) is 0 Å². The second-order valence-electron chi connectivity index (χ2n) is 24.1. The van der Waals surface area contributed by atoms with Crippen molar-refractivity contribution >= 4 is 17.9 Å². The van der Waals surface area contributed by atoms with Crippen molar-refractivity contribution < 1.29 is 28.6 Å². The lowest BCUT2D eigenvalue weighted by Gasteiger charge is -2.18. The lowest BCUT2D eigenvalue weighted by atomic mass is 10.0. The first-order valence-electron chi connectivity index (χ1n) is 35.8. The molecule has 0 aromatic heterocycles. The maximum Gasteiger partial charge on any atom is 0.306 e. The normalized spacial score (nSPS) is 12.4. The third kappa shape index (κ3) is 67.8. The molecule has 0 rings (SSSR count). The third-order valence-corrected chi connectivity index (χ3v) is 16.0. The van der Waals surface area contributed by atoms with Crippen molar-refractivity contribution in [2.75, 3.05) is 13.2 Å². The van der Waals surface area contributed by atoms with Crippen LogP contribution in [-0.4, -0.2) is 37.2 Å². The highest BCUT2D eigenvalue weighted by molar-refractivity contribution is 5.71. The van der Waals surface area contributed by atoms with Crippen molar-refractivity contribution in [3.05, 3.63) is 60.8 Å². The second-order valence-corrected chi connectivity index (χ2v) is 24.1. The molecular weight excluding hydrogens is 997 g/mol. The van der Waals surface area contributed by atoms with Gasteiger partial charge in [-0.15, -0.1) is 0 Å². The highest BCUT2D eigenvalue weighted by atomic mass is 16.6. The molecule has 0 aromatic carbocycles. The molecule has 6 nitrogen and oxygen atoms in total. The number of hydrogen-bond acceptors (Lipinski definition) is 6. The molecule has 1 unspecified atom stereocenters. The van der Waals surface area contributed by atoms with E-state index in [4.69, 9.17) is 14.2 Å². The van der Waals surface area contributed by atoms with Gasteiger partial charge in [0.1, 0.15) is 13.2 Å². The van der Waals surface area contributed by atoms with Crippen molar-refractivity contribution in [3.63, 3.8) is 0 Å². The van der Waals surface area contributed by atoms with Crippen LogP contribution in [-0.2, 0) is 28.6 Å². The van der Waals surface area contributed by atoms with Gasteiger partial charge < -0.3 is 14.2 Å². The number of carbonyl (C=O) groups excluding carboxylic acids is 3. The molecule has 0 radical (unpaired) electrons. The van der Waals surface area contributed by atoms with Gasteiger partial charge in [-0.1, -0.05) is 332 Å². The van der Waals surface area contributed by atoms with E-state index in [1.54, 1.807) is 0 Å². The SMILES string of the molecule is CCCCC/C=C\C/C=C\CCCCCCCCCC(=O)OC(COC(=O)CCCCCCCCCCCCCCC)COC(=O)CCCCCCCCCCCCCCCCCCCC/C=C\C/C=C\C/C=C\CCCCCCC. The summed E-state index contributed by atoms with van der Waals surface area (Å²) in [6, 6.07) is 0. The third-order valence-electron chi connectivity index (χ3n) is 16.0. The maximum atomic E-state index is 12.9. The number of allylic oxidation sites excluding steroid dienone is 10.